The smallest absolute Gasteiger partial charge is 0.494 e. The van der Waals surface area contributed by atoms with E-state index in [0.717, 1.165) is 17.7 Å². The number of carbonyl (C=O) groups excluding carboxylic acids is 1. The number of halogens is 1. The number of thiazole rings is 1. The Morgan fingerprint density at radius 1 is 1.21 bits per heavy atom. The van der Waals surface area contributed by atoms with Crippen molar-refractivity contribution in [1.29, 1.82) is 0 Å². The van der Waals surface area contributed by atoms with E-state index in [-0.39, 0.29) is 11.3 Å². The summed E-state index contributed by atoms with van der Waals surface area (Å²) in [6.45, 7) is 2.70. The summed E-state index contributed by atoms with van der Waals surface area (Å²) in [6.07, 6.45) is 1.75. The average Bonchev–Trinajstić information content (AvgIpc) is 3.38. The number of nitrogens with zero attached hydrogens (tertiary/aromatic N) is 3. The molecule has 0 unspecified atom stereocenters. The van der Waals surface area contributed by atoms with Gasteiger partial charge in [0.25, 0.3) is 5.56 Å². The van der Waals surface area contributed by atoms with E-state index in [0.29, 0.717) is 37.7 Å². The molecule has 0 aliphatic carbocycles. The molecule has 0 amide bonds. The largest absolute Gasteiger partial charge is 0.513 e. The van der Waals surface area contributed by atoms with E-state index in [4.69, 9.17) is 14.2 Å². The molecular weight excluding hydrogens is 526 g/mol. The fourth-order valence-corrected chi connectivity index (χ4v) is 4.52. The van der Waals surface area contributed by atoms with Crippen LogP contribution in [0, 0.1) is 0 Å². The normalized spacial score (nSPS) is 11.6. The van der Waals surface area contributed by atoms with Crippen LogP contribution in [0.3, 0.4) is 0 Å². The van der Waals surface area contributed by atoms with Crippen molar-refractivity contribution in [2.75, 3.05) is 20.8 Å². The molecule has 2 aromatic heterocycles. The van der Waals surface area contributed by atoms with Crippen molar-refractivity contribution in [3.8, 4) is 28.6 Å². The second-order valence-electron chi connectivity index (χ2n) is 7.01. The highest BCUT2D eigenvalue weighted by atomic mass is 79.9. The van der Waals surface area contributed by atoms with Crippen LogP contribution in [0.1, 0.15) is 18.9 Å². The molecule has 11 heteroatoms. The molecule has 2 heterocycles. The zero-order chi connectivity index (χ0) is 24.2. The topological polar surface area (TPSA) is 101 Å². The van der Waals surface area contributed by atoms with E-state index < -0.39 is 6.16 Å². The molecule has 2 aromatic carbocycles. The predicted octanol–water partition coefficient (Wildman–Crippen LogP) is 4.07. The van der Waals surface area contributed by atoms with Crippen LogP contribution < -0.4 is 24.3 Å². The second kappa shape index (κ2) is 10.2. The third kappa shape index (κ3) is 4.90. The number of benzene rings is 2. The number of rotatable bonds is 7. The third-order valence-corrected chi connectivity index (χ3v) is 6.22. The zero-order valence-corrected chi connectivity index (χ0v) is 20.9. The Morgan fingerprint density at radius 3 is 2.62 bits per heavy atom. The molecule has 4 aromatic rings. The van der Waals surface area contributed by atoms with Crippen molar-refractivity contribution >= 4 is 44.5 Å². The van der Waals surface area contributed by atoms with Gasteiger partial charge in [0.05, 0.1) is 29.8 Å². The van der Waals surface area contributed by atoms with Crippen molar-refractivity contribution in [3.63, 3.8) is 0 Å². The number of methoxy groups -OCH3 is 2. The number of hydrogen-bond donors (Lipinski definition) is 0. The lowest BCUT2D eigenvalue weighted by molar-refractivity contribution is 0.119. The van der Waals surface area contributed by atoms with Gasteiger partial charge in [0.2, 0.25) is 4.96 Å². The molecular formula is C23H20BrN3O6S. The predicted molar refractivity (Wildman–Crippen MR) is 131 cm³/mol. The van der Waals surface area contributed by atoms with Crippen LogP contribution in [0.2, 0.25) is 0 Å². The Bertz CT molecular complexity index is 1450. The minimum absolute atomic E-state index is 0.173. The summed E-state index contributed by atoms with van der Waals surface area (Å²) in [5.41, 5.74) is 1.16. The molecule has 0 N–H and O–H groups in total. The first kappa shape index (κ1) is 23.7. The van der Waals surface area contributed by atoms with Gasteiger partial charge in [0, 0.05) is 5.56 Å². The number of carbonyl (C=O) groups is 1. The van der Waals surface area contributed by atoms with Gasteiger partial charge in [-0.25, -0.2) is 4.79 Å². The number of aromatic nitrogens is 3. The van der Waals surface area contributed by atoms with Crippen LogP contribution in [0.5, 0.6) is 17.2 Å². The summed E-state index contributed by atoms with van der Waals surface area (Å²) in [5.74, 6) is 1.71. The SMILES string of the molecule is CCCOc1ccc(-c2nc3sc(=Cc4cc(Br)c(OC(=O)OC)c(OC)c4)c(=O)n3n2)cc1. The maximum Gasteiger partial charge on any atom is 0.513 e. The molecule has 9 nitrogen and oxygen atoms in total. The maximum atomic E-state index is 12.9. The van der Waals surface area contributed by atoms with E-state index in [1.54, 1.807) is 18.2 Å². The molecule has 176 valence electrons. The van der Waals surface area contributed by atoms with Crippen LogP contribution in [0.4, 0.5) is 4.79 Å². The van der Waals surface area contributed by atoms with Gasteiger partial charge in [-0.2, -0.15) is 9.50 Å². The van der Waals surface area contributed by atoms with Crippen molar-refractivity contribution in [2.24, 2.45) is 0 Å². The Balaban J connectivity index is 1.66. The van der Waals surface area contributed by atoms with Crippen molar-refractivity contribution < 1.29 is 23.7 Å². The minimum atomic E-state index is -0.873. The monoisotopic (exact) mass is 545 g/mol. The molecule has 0 bridgehead atoms. The van der Waals surface area contributed by atoms with Crippen LogP contribution in [-0.4, -0.2) is 41.6 Å². The molecule has 34 heavy (non-hydrogen) atoms. The summed E-state index contributed by atoms with van der Waals surface area (Å²) in [7, 11) is 2.66. The lowest BCUT2D eigenvalue weighted by atomic mass is 10.2. The van der Waals surface area contributed by atoms with Gasteiger partial charge in [-0.1, -0.05) is 18.3 Å². The fourth-order valence-electron chi connectivity index (χ4n) is 3.07. The van der Waals surface area contributed by atoms with Gasteiger partial charge in [-0.05, 0) is 70.4 Å². The van der Waals surface area contributed by atoms with Gasteiger partial charge in [0.15, 0.2) is 17.3 Å². The van der Waals surface area contributed by atoms with E-state index in [9.17, 15) is 9.59 Å². The Kier molecular flexibility index (Phi) is 7.13. The van der Waals surface area contributed by atoms with Gasteiger partial charge in [-0.3, -0.25) is 4.79 Å². The lowest BCUT2D eigenvalue weighted by Gasteiger charge is -2.11. The van der Waals surface area contributed by atoms with Crippen molar-refractivity contribution in [1.82, 2.24) is 14.6 Å². The molecule has 0 atom stereocenters. The molecule has 0 spiro atoms. The summed E-state index contributed by atoms with van der Waals surface area (Å²) < 4.78 is 22.8. The highest BCUT2D eigenvalue weighted by Gasteiger charge is 2.16. The van der Waals surface area contributed by atoms with Gasteiger partial charge in [-0.15, -0.1) is 5.10 Å². The van der Waals surface area contributed by atoms with Crippen LogP contribution in [-0.2, 0) is 4.74 Å². The minimum Gasteiger partial charge on any atom is -0.494 e. The summed E-state index contributed by atoms with van der Waals surface area (Å²) >= 11 is 4.58. The Morgan fingerprint density at radius 2 is 1.97 bits per heavy atom. The number of ether oxygens (including phenoxy) is 4. The second-order valence-corrected chi connectivity index (χ2v) is 8.87. The first-order valence-corrected chi connectivity index (χ1v) is 11.8. The van der Waals surface area contributed by atoms with Crippen molar-refractivity contribution in [3.05, 3.63) is 61.3 Å². The third-order valence-electron chi connectivity index (χ3n) is 4.67. The fraction of sp³-hybridized carbons (Fsp3) is 0.217. The van der Waals surface area contributed by atoms with E-state index in [1.807, 2.05) is 31.2 Å². The molecule has 4 rings (SSSR count). The van der Waals surface area contributed by atoms with E-state index in [2.05, 4.69) is 30.7 Å². The summed E-state index contributed by atoms with van der Waals surface area (Å²) in [6, 6.07) is 10.8. The molecule has 0 radical (unpaired) electrons. The van der Waals surface area contributed by atoms with E-state index >= 15 is 0 Å². The maximum absolute atomic E-state index is 12.9. The highest BCUT2D eigenvalue weighted by Crippen LogP contribution is 2.37. The van der Waals surface area contributed by atoms with Crippen molar-refractivity contribution in [2.45, 2.75) is 13.3 Å². The molecule has 0 saturated heterocycles. The first-order chi connectivity index (χ1) is 16.4. The van der Waals surface area contributed by atoms with Gasteiger partial charge < -0.3 is 18.9 Å². The van der Waals surface area contributed by atoms with Crippen LogP contribution >= 0.6 is 27.3 Å². The lowest BCUT2D eigenvalue weighted by Crippen LogP contribution is -2.23. The quantitative estimate of drug-likeness (QED) is 0.253. The molecule has 0 fully saturated rings. The summed E-state index contributed by atoms with van der Waals surface area (Å²) in [4.78, 5) is 29.4. The van der Waals surface area contributed by atoms with E-state index in [1.165, 1.54) is 30.1 Å². The van der Waals surface area contributed by atoms with Crippen LogP contribution in [0.15, 0.2) is 45.7 Å². The molecule has 0 aliphatic heterocycles. The standard InChI is InChI=1S/C23H20BrN3O6S/c1-4-9-32-15-7-5-14(6-8-15)20-25-22-27(26-20)21(28)18(34-22)12-13-10-16(24)19(17(11-13)30-2)33-23(29)31-3/h5-8,10-12H,4,9H2,1-3H3. The highest BCUT2D eigenvalue weighted by molar-refractivity contribution is 9.10. The Labute approximate surface area is 206 Å². The van der Waals surface area contributed by atoms with Gasteiger partial charge >= 0.3 is 6.16 Å². The number of hydrogen-bond acceptors (Lipinski definition) is 9. The summed E-state index contributed by atoms with van der Waals surface area (Å²) in [5, 5.41) is 4.38. The van der Waals surface area contributed by atoms with Gasteiger partial charge in [0.1, 0.15) is 5.75 Å². The van der Waals surface area contributed by atoms with Crippen LogP contribution in [0.25, 0.3) is 22.4 Å². The zero-order valence-electron chi connectivity index (χ0n) is 18.5. The average molecular weight is 546 g/mol. The Hall–Kier alpha value is -3.44. The first-order valence-electron chi connectivity index (χ1n) is 10.2. The molecule has 0 saturated carbocycles. The molecule has 0 aliphatic rings. The number of fused-ring (bicyclic) bond motifs is 1.